The van der Waals surface area contributed by atoms with Crippen molar-refractivity contribution >= 4 is 0 Å². The van der Waals surface area contributed by atoms with Gasteiger partial charge in [-0.25, -0.2) is 4.98 Å². The summed E-state index contributed by atoms with van der Waals surface area (Å²) in [5.41, 5.74) is 0. The molecule has 0 bridgehead atoms. The Morgan fingerprint density at radius 3 is 3.00 bits per heavy atom. The average molecular weight is 70.1 g/mol. The molecule has 0 unspecified atom stereocenters. The maximum Gasteiger partial charge on any atom is 0.0919 e. The quantitative estimate of drug-likeness (QED) is 0.470. The second-order valence-corrected chi connectivity index (χ2v) is 0.761. The molecule has 1 heterocycles. The van der Waals surface area contributed by atoms with Crippen LogP contribution in [-0.2, 0) is 0 Å². The van der Waals surface area contributed by atoms with Crippen molar-refractivity contribution in [2.75, 3.05) is 0 Å². The highest BCUT2D eigenvalue weighted by atomic mass is 15.3. The van der Waals surface area contributed by atoms with E-state index in [4.69, 9.17) is 0 Å². The van der Waals surface area contributed by atoms with Crippen LogP contribution < -0.4 is 0 Å². The predicted molar refractivity (Wildman–Crippen MR) is 18.6 cm³/mol. The molecule has 2 heteroatoms. The molecule has 0 spiro atoms. The molecule has 0 amide bonds. The van der Waals surface area contributed by atoms with Gasteiger partial charge in [-0.2, -0.15) is 0 Å². The van der Waals surface area contributed by atoms with Gasteiger partial charge in [0, 0.05) is 12.4 Å². The number of nitrogens with one attached hydrogen (secondary N) is 1. The van der Waals surface area contributed by atoms with Gasteiger partial charge in [0.15, 0.2) is 0 Å². The van der Waals surface area contributed by atoms with Gasteiger partial charge in [0.25, 0.3) is 0 Å². The fourth-order valence-electron chi connectivity index (χ4n) is 0.215. The molecule has 0 aliphatic rings. The Kier molecular flexibility index (Phi) is 0.433. The Hall–Kier alpha value is -0.790. The molecule has 26 valence electrons. The van der Waals surface area contributed by atoms with Crippen molar-refractivity contribution in [2.24, 2.45) is 0 Å². The van der Waals surface area contributed by atoms with E-state index in [2.05, 4.69) is 9.97 Å². The zero-order chi connectivity index (χ0) is 3.54. The first kappa shape index (κ1) is 2.45. The second-order valence-electron chi connectivity index (χ2n) is 0.761. The minimum absolute atomic E-state index is 1.62. The van der Waals surface area contributed by atoms with Gasteiger partial charge >= 0.3 is 0 Å². The number of imidazole rings is 1. The van der Waals surface area contributed by atoms with Crippen molar-refractivity contribution in [3.63, 3.8) is 0 Å². The normalized spacial score (nSPS) is 8.00. The second kappa shape index (κ2) is 0.885. The Balaban J connectivity index is 3.13. The third-order valence-electron chi connectivity index (χ3n) is 0.406. The lowest BCUT2D eigenvalue weighted by Crippen LogP contribution is -1.44. The van der Waals surface area contributed by atoms with E-state index in [0.717, 1.165) is 0 Å². The third-order valence-corrected chi connectivity index (χ3v) is 0.406. The van der Waals surface area contributed by atoms with Crippen LogP contribution in [0.5, 0.6) is 0 Å². The molecule has 2 nitrogen and oxygen atoms in total. The summed E-state index contributed by atoms with van der Waals surface area (Å²) in [5.74, 6) is 0. The van der Waals surface area contributed by atoms with Gasteiger partial charge in [0.1, 0.15) is 0 Å². The Bertz CT molecular complexity index is 61.4. The lowest BCUT2D eigenvalue weighted by molar-refractivity contribution is 1.31. The van der Waals surface area contributed by atoms with E-state index < -0.39 is 0 Å². The first-order valence-electron chi connectivity index (χ1n) is 1.43. The van der Waals surface area contributed by atoms with Crippen LogP contribution in [0.1, 0.15) is 0 Å². The highest BCUT2D eigenvalue weighted by Crippen LogP contribution is 1.62. The Morgan fingerprint density at radius 2 is 2.80 bits per heavy atom. The molecule has 0 radical (unpaired) electrons. The summed E-state index contributed by atoms with van der Waals surface area (Å²) in [5, 5.41) is 0. The summed E-state index contributed by atoms with van der Waals surface area (Å²) in [6.07, 6.45) is 5.08. The van der Waals surface area contributed by atoms with Crippen molar-refractivity contribution in [1.29, 1.82) is 0 Å². The fraction of sp³-hybridized carbons (Fsp3) is 0. The van der Waals surface area contributed by atoms with Crippen LogP contribution in [0.3, 0.4) is 0 Å². The van der Waals surface area contributed by atoms with Crippen LogP contribution in [-0.4, -0.2) is 9.97 Å². The third kappa shape index (κ3) is 0.265. The van der Waals surface area contributed by atoms with Gasteiger partial charge in [-0.3, -0.25) is 0 Å². The monoisotopic (exact) mass is 70.0 g/mol. The highest BCUT2D eigenvalue weighted by molar-refractivity contribution is 4.64. The van der Waals surface area contributed by atoms with Crippen LogP contribution in [0.25, 0.3) is 0 Å². The van der Waals surface area contributed by atoms with E-state index >= 15 is 0 Å². The molecule has 1 rings (SSSR count). The maximum absolute atomic E-state index is 3.67. The molecule has 5 heavy (non-hydrogen) atoms. The van der Waals surface area contributed by atoms with Crippen molar-refractivity contribution < 1.29 is 0 Å². The van der Waals surface area contributed by atoms with Crippen molar-refractivity contribution in [1.82, 2.24) is 9.97 Å². The summed E-state index contributed by atoms with van der Waals surface area (Å²) >= 11 is 0. The van der Waals surface area contributed by atoms with Crippen LogP contribution in [0, 0.1) is 0 Å². The molecule has 0 aliphatic heterocycles. The number of nitrogens with zero attached hydrogens (tertiary/aromatic N) is 1. The zero-order valence-corrected chi connectivity index (χ0v) is 2.68. The van der Waals surface area contributed by atoms with Gasteiger partial charge in [-0.05, 0) is 0 Å². The van der Waals surface area contributed by atoms with Gasteiger partial charge in [-0.15, -0.1) is 0 Å². The van der Waals surface area contributed by atoms with E-state index in [1.54, 1.807) is 18.7 Å². The Labute approximate surface area is 29.9 Å². The minimum atomic E-state index is 1.62. The highest BCUT2D eigenvalue weighted by Gasteiger charge is 1.56. The molecule has 1 aromatic heterocycles. The van der Waals surface area contributed by atoms with Crippen molar-refractivity contribution in [2.45, 2.75) is 0 Å². The molecule has 0 aromatic carbocycles. The molecule has 0 atom stereocenters. The largest absolute Gasteiger partial charge is 0.351 e. The summed E-state index contributed by atoms with van der Waals surface area (Å²) in [6.45, 7) is 0. The summed E-state index contributed by atoms with van der Waals surface area (Å²) < 4.78 is 0. The number of H-pyrrole nitrogens is 1. The molecule has 1 N–H and O–H groups in total. The first-order valence-corrected chi connectivity index (χ1v) is 1.43. The first-order chi connectivity index (χ1) is 2.50. The molecular weight excluding hydrogens is 66.0 g/mol. The standard InChI is InChI=1S/C3H4N2/c1-2-5-3-4-1/h1-3H,(H,4,5)/i3+2. The van der Waals surface area contributed by atoms with Gasteiger partial charge < -0.3 is 4.98 Å². The smallest absolute Gasteiger partial charge is 0.0919 e. The summed E-state index contributed by atoms with van der Waals surface area (Å²) in [4.78, 5) is 6.42. The lowest BCUT2D eigenvalue weighted by atomic mass is 11.0. The van der Waals surface area contributed by atoms with Crippen LogP contribution in [0.4, 0.5) is 0 Å². The lowest BCUT2D eigenvalue weighted by Gasteiger charge is -1.46. The molecule has 0 aliphatic carbocycles. The SMILES string of the molecule is c1c[nH][14cH]n1. The number of aromatic nitrogens is 2. The molecule has 0 saturated heterocycles. The maximum atomic E-state index is 3.67. The van der Waals surface area contributed by atoms with Crippen molar-refractivity contribution in [3.8, 4) is 0 Å². The van der Waals surface area contributed by atoms with E-state index in [-0.39, 0.29) is 0 Å². The topological polar surface area (TPSA) is 28.7 Å². The molecule has 0 fully saturated rings. The van der Waals surface area contributed by atoms with Gasteiger partial charge in [0.05, 0.1) is 6.33 Å². The number of rotatable bonds is 0. The number of hydrogen-bond acceptors (Lipinski definition) is 1. The minimum Gasteiger partial charge on any atom is -0.351 e. The van der Waals surface area contributed by atoms with E-state index in [9.17, 15) is 0 Å². The van der Waals surface area contributed by atoms with E-state index in [1.807, 2.05) is 0 Å². The number of aromatic amines is 1. The van der Waals surface area contributed by atoms with Crippen molar-refractivity contribution in [3.05, 3.63) is 18.7 Å². The van der Waals surface area contributed by atoms with Crippen LogP contribution in [0.15, 0.2) is 18.7 Å². The van der Waals surface area contributed by atoms with E-state index in [0.29, 0.717) is 0 Å². The molecule has 1 aromatic rings. The number of hydrogen-bond donors (Lipinski definition) is 1. The van der Waals surface area contributed by atoms with Gasteiger partial charge in [0.2, 0.25) is 0 Å². The summed E-state index contributed by atoms with van der Waals surface area (Å²) in [6, 6.07) is 0. The zero-order valence-electron chi connectivity index (χ0n) is 2.68. The fourth-order valence-corrected chi connectivity index (χ4v) is 0.215. The molecule has 0 saturated carbocycles. The predicted octanol–water partition coefficient (Wildman–Crippen LogP) is 0.410. The average Bonchev–Trinajstić information content (AvgIpc) is 1.76. The Morgan fingerprint density at radius 1 is 1.80 bits per heavy atom. The molecular formula is C3H4N2. The summed E-state index contributed by atoms with van der Waals surface area (Å²) in [7, 11) is 0. The van der Waals surface area contributed by atoms with Gasteiger partial charge in [-0.1, -0.05) is 0 Å². The van der Waals surface area contributed by atoms with E-state index in [1.165, 1.54) is 0 Å². The van der Waals surface area contributed by atoms with Crippen LogP contribution in [0.2, 0.25) is 0 Å². The van der Waals surface area contributed by atoms with Crippen LogP contribution >= 0.6 is 0 Å².